The minimum atomic E-state index is -4.72. The molecule has 3 heterocycles. The minimum absolute atomic E-state index is 0.00933. The Morgan fingerprint density at radius 3 is 2.55 bits per heavy atom. The largest absolute Gasteiger partial charge is 0.497 e. The lowest BCUT2D eigenvalue weighted by molar-refractivity contribution is -0.153. The Kier molecular flexibility index (Phi) is 8.37. The Hall–Kier alpha value is -4.07. The van der Waals surface area contributed by atoms with E-state index in [4.69, 9.17) is 14.6 Å². The molecule has 3 aromatic rings. The summed E-state index contributed by atoms with van der Waals surface area (Å²) in [6, 6.07) is 6.58. The Morgan fingerprint density at radius 2 is 1.93 bits per heavy atom. The number of methoxy groups -OCH3 is 1. The number of likely N-dealkylation sites (tertiary alicyclic amines) is 1. The van der Waals surface area contributed by atoms with E-state index in [1.165, 1.54) is 28.2 Å². The molecule has 0 unspecified atom stereocenters. The van der Waals surface area contributed by atoms with Gasteiger partial charge < -0.3 is 29.4 Å². The fraction of sp³-hybridized carbons (Fsp3) is 0.462. The number of carbonyl (C=O) groups is 2. The third-order valence-electron chi connectivity index (χ3n) is 6.82. The Morgan fingerprint density at radius 1 is 1.23 bits per heavy atom. The molecule has 1 aliphatic rings. The van der Waals surface area contributed by atoms with Gasteiger partial charge in [0.25, 0.3) is 11.5 Å². The molecule has 0 radical (unpaired) electrons. The number of fused-ring (bicyclic) bond motifs is 1. The topological polar surface area (TPSA) is 128 Å². The number of rotatable bonds is 8. The number of benzene rings is 1. The van der Waals surface area contributed by atoms with Gasteiger partial charge in [0.1, 0.15) is 23.6 Å². The summed E-state index contributed by atoms with van der Waals surface area (Å²) in [7, 11) is 2.93. The second-order valence-corrected chi connectivity index (χ2v) is 9.53. The molecule has 1 aliphatic heterocycles. The molecule has 1 fully saturated rings. The van der Waals surface area contributed by atoms with Crippen LogP contribution >= 0.6 is 0 Å². The van der Waals surface area contributed by atoms with E-state index in [0.29, 0.717) is 37.2 Å². The number of aliphatic hydroxyl groups excluding tert-OH is 1. The van der Waals surface area contributed by atoms with Crippen molar-refractivity contribution in [2.75, 3.05) is 33.4 Å². The van der Waals surface area contributed by atoms with Gasteiger partial charge in [-0.25, -0.2) is 4.98 Å². The summed E-state index contributed by atoms with van der Waals surface area (Å²) in [5, 5.41) is 11.6. The quantitative estimate of drug-likeness (QED) is 0.426. The van der Waals surface area contributed by atoms with Gasteiger partial charge in [-0.3, -0.25) is 19.0 Å². The van der Waals surface area contributed by atoms with Crippen molar-refractivity contribution in [1.29, 1.82) is 0 Å². The fourth-order valence-electron chi connectivity index (χ4n) is 4.78. The first-order valence-electron chi connectivity index (χ1n) is 12.5. The first kappa shape index (κ1) is 28.9. The number of hydrogen-bond acceptors (Lipinski definition) is 7. The predicted octanol–water partition coefficient (Wildman–Crippen LogP) is 1.75. The maximum absolute atomic E-state index is 13.7. The second-order valence-electron chi connectivity index (χ2n) is 9.53. The van der Waals surface area contributed by atoms with Crippen molar-refractivity contribution in [1.82, 2.24) is 24.3 Å². The number of hydrogen-bond donors (Lipinski definition) is 2. The fourth-order valence-corrected chi connectivity index (χ4v) is 4.78. The van der Waals surface area contributed by atoms with Gasteiger partial charge in [0.05, 0.1) is 13.7 Å². The molecule has 2 N–H and O–H groups in total. The lowest BCUT2D eigenvalue weighted by Gasteiger charge is -2.32. The van der Waals surface area contributed by atoms with Crippen LogP contribution in [0.4, 0.5) is 13.2 Å². The molecule has 4 rings (SSSR count). The van der Waals surface area contributed by atoms with Crippen LogP contribution in [0.3, 0.4) is 0 Å². The van der Waals surface area contributed by atoms with Gasteiger partial charge in [-0.05, 0) is 37.5 Å². The predicted molar refractivity (Wildman–Crippen MR) is 138 cm³/mol. The van der Waals surface area contributed by atoms with Gasteiger partial charge in [-0.15, -0.1) is 0 Å². The van der Waals surface area contributed by atoms with Gasteiger partial charge in [-0.1, -0.05) is 12.1 Å². The average Bonchev–Trinajstić information content (AvgIpc) is 3.20. The number of aromatic nitrogens is 3. The lowest BCUT2D eigenvalue weighted by Crippen LogP contribution is -2.47. The summed E-state index contributed by atoms with van der Waals surface area (Å²) in [5.41, 5.74) is -0.220. The van der Waals surface area contributed by atoms with E-state index in [9.17, 15) is 27.6 Å². The van der Waals surface area contributed by atoms with E-state index in [-0.39, 0.29) is 35.1 Å². The zero-order valence-corrected chi connectivity index (χ0v) is 22.2. The zero-order valence-electron chi connectivity index (χ0n) is 22.2. The number of halogens is 3. The monoisotopic (exact) mass is 565 g/mol. The second kappa shape index (κ2) is 11.6. The van der Waals surface area contributed by atoms with E-state index in [0.717, 1.165) is 0 Å². The van der Waals surface area contributed by atoms with E-state index >= 15 is 0 Å². The molecular formula is C26H30F3N5O6. The Bertz CT molecular complexity index is 1470. The van der Waals surface area contributed by atoms with Crippen LogP contribution in [-0.4, -0.2) is 81.6 Å². The summed E-state index contributed by atoms with van der Waals surface area (Å²) in [5.74, 6) is -0.807. The standard InChI is InChI=1S/C26H30F3N5O6/c1-15-30-23-20(25(38)34(15)12-16-5-4-6-18(11-16)39-3)22(40-14-26(27,28)29)21(32(23)2)24(37)31-17-7-9-33(10-8-17)19(36)13-35/h4-6,11,17,35H,7-10,12-14H2,1-3H3,(H,31,37). The van der Waals surface area contributed by atoms with Crippen molar-refractivity contribution in [3.8, 4) is 11.5 Å². The number of aliphatic hydroxyl groups is 1. The number of carbonyl (C=O) groups excluding carboxylic acids is 2. The molecule has 0 bridgehead atoms. The first-order chi connectivity index (χ1) is 18.9. The summed E-state index contributed by atoms with van der Waals surface area (Å²) < 4.78 is 52.5. The van der Waals surface area contributed by atoms with Crippen molar-refractivity contribution in [3.05, 3.63) is 51.7 Å². The zero-order chi connectivity index (χ0) is 29.2. The van der Waals surface area contributed by atoms with Crippen LogP contribution in [-0.2, 0) is 18.4 Å². The van der Waals surface area contributed by atoms with Crippen LogP contribution in [0, 0.1) is 6.92 Å². The molecule has 1 aromatic carbocycles. The van der Waals surface area contributed by atoms with Gasteiger partial charge >= 0.3 is 6.18 Å². The molecule has 216 valence electrons. The number of aryl methyl sites for hydroxylation is 2. The summed E-state index contributed by atoms with van der Waals surface area (Å²) in [6.45, 7) is -0.0817. The third-order valence-corrected chi connectivity index (χ3v) is 6.82. The lowest BCUT2D eigenvalue weighted by atomic mass is 10.0. The number of amides is 2. The summed E-state index contributed by atoms with van der Waals surface area (Å²) in [4.78, 5) is 44.7. The number of piperidine rings is 1. The highest BCUT2D eigenvalue weighted by molar-refractivity contribution is 6.03. The maximum atomic E-state index is 13.7. The van der Waals surface area contributed by atoms with Gasteiger partial charge in [0.2, 0.25) is 5.91 Å². The molecule has 14 heteroatoms. The van der Waals surface area contributed by atoms with Crippen molar-refractivity contribution >= 4 is 22.8 Å². The van der Waals surface area contributed by atoms with Crippen LogP contribution < -0.4 is 20.3 Å². The summed E-state index contributed by atoms with van der Waals surface area (Å²) >= 11 is 0. The molecular weight excluding hydrogens is 535 g/mol. The first-order valence-corrected chi connectivity index (χ1v) is 12.5. The molecule has 0 spiro atoms. The van der Waals surface area contributed by atoms with E-state index in [2.05, 4.69) is 10.3 Å². The third kappa shape index (κ3) is 6.06. The molecule has 0 atom stereocenters. The molecule has 2 aromatic heterocycles. The molecule has 11 nitrogen and oxygen atoms in total. The Labute approximate surface area is 227 Å². The SMILES string of the molecule is COc1cccc(Cn2c(C)nc3c(c(OCC(F)(F)F)c(C(=O)NC4CCN(C(=O)CO)CC4)n3C)c2=O)c1. The van der Waals surface area contributed by atoms with E-state index in [1.807, 2.05) is 0 Å². The van der Waals surface area contributed by atoms with E-state index in [1.54, 1.807) is 31.2 Å². The number of nitrogens with zero attached hydrogens (tertiary/aromatic N) is 4. The number of alkyl halides is 3. The van der Waals surface area contributed by atoms with Crippen LogP contribution in [0.15, 0.2) is 29.1 Å². The van der Waals surface area contributed by atoms with Crippen molar-refractivity contribution in [3.63, 3.8) is 0 Å². The maximum Gasteiger partial charge on any atom is 0.422 e. The Balaban J connectivity index is 1.73. The molecule has 40 heavy (non-hydrogen) atoms. The van der Waals surface area contributed by atoms with Crippen molar-refractivity contribution in [2.45, 2.75) is 38.5 Å². The molecule has 0 saturated carbocycles. The molecule has 1 saturated heterocycles. The van der Waals surface area contributed by atoms with Gasteiger partial charge in [0.15, 0.2) is 23.7 Å². The van der Waals surface area contributed by atoms with E-state index < -0.39 is 42.5 Å². The van der Waals surface area contributed by atoms with Gasteiger partial charge in [-0.2, -0.15) is 13.2 Å². The van der Waals surface area contributed by atoms with Crippen LogP contribution in [0.25, 0.3) is 11.0 Å². The smallest absolute Gasteiger partial charge is 0.422 e. The highest BCUT2D eigenvalue weighted by atomic mass is 19.4. The van der Waals surface area contributed by atoms with Crippen LogP contribution in [0.1, 0.15) is 34.7 Å². The highest BCUT2D eigenvalue weighted by Crippen LogP contribution is 2.32. The van der Waals surface area contributed by atoms with Crippen molar-refractivity contribution in [2.24, 2.45) is 7.05 Å². The van der Waals surface area contributed by atoms with Crippen molar-refractivity contribution < 1.29 is 37.3 Å². The van der Waals surface area contributed by atoms with Crippen LogP contribution in [0.2, 0.25) is 0 Å². The number of nitrogens with one attached hydrogen (secondary N) is 1. The molecule has 2 amide bonds. The average molecular weight is 566 g/mol. The highest BCUT2D eigenvalue weighted by Gasteiger charge is 2.34. The minimum Gasteiger partial charge on any atom is -0.497 e. The number of ether oxygens (including phenoxy) is 2. The summed E-state index contributed by atoms with van der Waals surface area (Å²) in [6.07, 6.45) is -3.96. The normalized spacial score (nSPS) is 14.4. The van der Waals surface area contributed by atoms with Crippen LogP contribution in [0.5, 0.6) is 11.5 Å². The molecule has 0 aliphatic carbocycles. The van der Waals surface area contributed by atoms with Gasteiger partial charge in [0, 0.05) is 26.2 Å².